The molecule has 1 aromatic rings. The number of aromatic nitrogens is 2. The summed E-state index contributed by atoms with van der Waals surface area (Å²) in [4.78, 5) is 0. The summed E-state index contributed by atoms with van der Waals surface area (Å²) in [6.07, 6.45) is 7.52. The van der Waals surface area contributed by atoms with Gasteiger partial charge in [-0.3, -0.25) is 4.68 Å². The zero-order chi connectivity index (χ0) is 12.7. The van der Waals surface area contributed by atoms with Crippen molar-refractivity contribution in [2.45, 2.75) is 45.3 Å². The first kappa shape index (κ1) is 14.2. The number of hydrogen-bond donors (Lipinski definition) is 1. The third-order valence-corrected chi connectivity index (χ3v) is 2.94. The molecule has 0 aliphatic carbocycles. The molecule has 0 saturated carbocycles. The van der Waals surface area contributed by atoms with E-state index in [-0.39, 0.29) is 0 Å². The average Bonchev–Trinajstić information content (AvgIpc) is 2.71. The van der Waals surface area contributed by atoms with E-state index in [1.165, 1.54) is 5.56 Å². The summed E-state index contributed by atoms with van der Waals surface area (Å²) in [5, 5.41) is 7.78. The molecule has 0 radical (unpaired) electrons. The number of nitrogens with zero attached hydrogens (tertiary/aromatic N) is 2. The summed E-state index contributed by atoms with van der Waals surface area (Å²) in [6.45, 7) is 5.36. The minimum absolute atomic E-state index is 0.293. The number of hydrogen-bond acceptors (Lipinski definition) is 3. The molecule has 4 heteroatoms. The molecule has 17 heavy (non-hydrogen) atoms. The van der Waals surface area contributed by atoms with E-state index >= 15 is 0 Å². The van der Waals surface area contributed by atoms with Gasteiger partial charge in [0.2, 0.25) is 0 Å². The highest BCUT2D eigenvalue weighted by Gasteiger charge is 2.13. The molecule has 1 rings (SSSR count). The molecule has 0 saturated heterocycles. The maximum absolute atomic E-state index is 5.34. The lowest BCUT2D eigenvalue weighted by atomic mass is 10.0. The van der Waals surface area contributed by atoms with E-state index in [2.05, 4.69) is 30.5 Å². The molecular formula is C13H25N3O. The third-order valence-electron chi connectivity index (χ3n) is 2.94. The number of ether oxygens (including phenoxy) is 1. The monoisotopic (exact) mass is 239 g/mol. The van der Waals surface area contributed by atoms with E-state index in [1.807, 2.05) is 17.9 Å². The van der Waals surface area contributed by atoms with Crippen LogP contribution >= 0.6 is 0 Å². The molecule has 0 aliphatic rings. The van der Waals surface area contributed by atoms with Crippen molar-refractivity contribution >= 4 is 0 Å². The van der Waals surface area contributed by atoms with Gasteiger partial charge in [-0.15, -0.1) is 0 Å². The molecule has 2 atom stereocenters. The van der Waals surface area contributed by atoms with Gasteiger partial charge < -0.3 is 10.1 Å². The predicted molar refractivity (Wildman–Crippen MR) is 70.1 cm³/mol. The Balaban J connectivity index is 2.50. The molecule has 2 unspecified atom stereocenters. The van der Waals surface area contributed by atoms with Gasteiger partial charge in [0.1, 0.15) is 0 Å². The van der Waals surface area contributed by atoms with Gasteiger partial charge in [0.25, 0.3) is 0 Å². The predicted octanol–water partition coefficient (Wildman–Crippen LogP) is 1.76. The molecule has 1 N–H and O–H groups in total. The fourth-order valence-corrected chi connectivity index (χ4v) is 1.95. The quantitative estimate of drug-likeness (QED) is 0.751. The van der Waals surface area contributed by atoms with Crippen molar-refractivity contribution in [1.29, 1.82) is 0 Å². The van der Waals surface area contributed by atoms with Crippen molar-refractivity contribution in [3.8, 4) is 0 Å². The first-order valence-electron chi connectivity index (χ1n) is 6.39. The summed E-state index contributed by atoms with van der Waals surface area (Å²) in [5.74, 6) is 0. The second-order valence-corrected chi connectivity index (χ2v) is 4.66. The van der Waals surface area contributed by atoms with Gasteiger partial charge in [0.15, 0.2) is 0 Å². The van der Waals surface area contributed by atoms with E-state index in [4.69, 9.17) is 4.74 Å². The van der Waals surface area contributed by atoms with Crippen LogP contribution in [0.3, 0.4) is 0 Å². The van der Waals surface area contributed by atoms with Crippen LogP contribution in [0.15, 0.2) is 12.4 Å². The minimum Gasteiger partial charge on any atom is -0.382 e. The van der Waals surface area contributed by atoms with Crippen LogP contribution < -0.4 is 5.32 Å². The maximum Gasteiger partial charge on any atom is 0.0558 e. The summed E-state index contributed by atoms with van der Waals surface area (Å²) in [7, 11) is 3.72. The maximum atomic E-state index is 5.34. The van der Waals surface area contributed by atoms with Gasteiger partial charge in [0, 0.05) is 26.4 Å². The molecule has 98 valence electrons. The highest BCUT2D eigenvalue weighted by Crippen LogP contribution is 2.08. The molecule has 0 fully saturated rings. The standard InChI is InChI=1S/C13H25N3O/c1-5-6-14-13(7-11(2)17-4)8-12-9-15-16(3)10-12/h9-11,13-14H,5-8H2,1-4H3. The van der Waals surface area contributed by atoms with Crippen LogP contribution in [0.2, 0.25) is 0 Å². The molecule has 1 aromatic heterocycles. The van der Waals surface area contributed by atoms with Gasteiger partial charge in [-0.2, -0.15) is 5.10 Å². The first-order chi connectivity index (χ1) is 8.15. The molecule has 0 amide bonds. The lowest BCUT2D eigenvalue weighted by molar-refractivity contribution is 0.100. The summed E-state index contributed by atoms with van der Waals surface area (Å²) >= 11 is 0. The molecular weight excluding hydrogens is 214 g/mol. The molecule has 0 spiro atoms. The molecule has 4 nitrogen and oxygen atoms in total. The van der Waals surface area contributed by atoms with E-state index in [0.717, 1.165) is 25.8 Å². The zero-order valence-electron chi connectivity index (χ0n) is 11.4. The van der Waals surface area contributed by atoms with Crippen molar-refractivity contribution < 1.29 is 4.74 Å². The Morgan fingerprint density at radius 1 is 1.53 bits per heavy atom. The molecule has 1 heterocycles. The Hall–Kier alpha value is -0.870. The summed E-state index contributed by atoms with van der Waals surface area (Å²) in [5.41, 5.74) is 1.28. The highest BCUT2D eigenvalue weighted by molar-refractivity contribution is 5.06. The normalized spacial score (nSPS) is 14.8. The Labute approximate surface area is 104 Å². The fourth-order valence-electron chi connectivity index (χ4n) is 1.95. The second-order valence-electron chi connectivity index (χ2n) is 4.66. The van der Waals surface area contributed by atoms with Gasteiger partial charge in [0.05, 0.1) is 12.3 Å². The average molecular weight is 239 g/mol. The van der Waals surface area contributed by atoms with Crippen LogP contribution in [-0.4, -0.2) is 35.6 Å². The van der Waals surface area contributed by atoms with Crippen LogP contribution in [0.1, 0.15) is 32.3 Å². The Bertz CT molecular complexity index is 311. The Kier molecular flexibility index (Phi) is 6.22. The summed E-state index contributed by atoms with van der Waals surface area (Å²) in [6, 6.07) is 0.467. The molecule has 0 aromatic carbocycles. The number of rotatable bonds is 8. The topological polar surface area (TPSA) is 39.1 Å². The van der Waals surface area contributed by atoms with Crippen LogP contribution in [0.4, 0.5) is 0 Å². The smallest absolute Gasteiger partial charge is 0.0558 e. The van der Waals surface area contributed by atoms with E-state index in [0.29, 0.717) is 12.1 Å². The largest absolute Gasteiger partial charge is 0.382 e. The van der Waals surface area contributed by atoms with Gasteiger partial charge in [-0.05, 0) is 38.3 Å². The lowest BCUT2D eigenvalue weighted by Gasteiger charge is -2.21. The van der Waals surface area contributed by atoms with Crippen molar-refractivity contribution in [3.05, 3.63) is 18.0 Å². The second kappa shape index (κ2) is 7.45. The summed E-state index contributed by atoms with van der Waals surface area (Å²) < 4.78 is 7.20. The first-order valence-corrected chi connectivity index (χ1v) is 6.39. The van der Waals surface area contributed by atoms with Crippen LogP contribution in [0.25, 0.3) is 0 Å². The van der Waals surface area contributed by atoms with Crippen LogP contribution in [-0.2, 0) is 18.2 Å². The SMILES string of the molecule is CCCNC(Cc1cnn(C)c1)CC(C)OC. The van der Waals surface area contributed by atoms with Crippen molar-refractivity contribution in [2.24, 2.45) is 7.05 Å². The van der Waals surface area contributed by atoms with Crippen LogP contribution in [0, 0.1) is 0 Å². The van der Waals surface area contributed by atoms with Crippen molar-refractivity contribution in [3.63, 3.8) is 0 Å². The minimum atomic E-state index is 0.293. The lowest BCUT2D eigenvalue weighted by Crippen LogP contribution is -2.34. The van der Waals surface area contributed by atoms with Gasteiger partial charge in [-0.25, -0.2) is 0 Å². The Morgan fingerprint density at radius 3 is 2.82 bits per heavy atom. The van der Waals surface area contributed by atoms with Crippen LogP contribution in [0.5, 0.6) is 0 Å². The number of aryl methyl sites for hydroxylation is 1. The van der Waals surface area contributed by atoms with E-state index < -0.39 is 0 Å². The van der Waals surface area contributed by atoms with Crippen molar-refractivity contribution in [1.82, 2.24) is 15.1 Å². The Morgan fingerprint density at radius 2 is 2.29 bits per heavy atom. The highest BCUT2D eigenvalue weighted by atomic mass is 16.5. The van der Waals surface area contributed by atoms with Gasteiger partial charge in [-0.1, -0.05) is 6.92 Å². The van der Waals surface area contributed by atoms with E-state index in [9.17, 15) is 0 Å². The zero-order valence-corrected chi connectivity index (χ0v) is 11.4. The van der Waals surface area contributed by atoms with Crippen molar-refractivity contribution in [2.75, 3.05) is 13.7 Å². The number of nitrogens with one attached hydrogen (secondary N) is 1. The van der Waals surface area contributed by atoms with E-state index in [1.54, 1.807) is 7.11 Å². The fraction of sp³-hybridized carbons (Fsp3) is 0.769. The third kappa shape index (κ3) is 5.33. The van der Waals surface area contributed by atoms with Gasteiger partial charge >= 0.3 is 0 Å². The molecule has 0 aliphatic heterocycles. The number of methoxy groups -OCH3 is 1. The molecule has 0 bridgehead atoms.